The number of nitrogens with one attached hydrogen (secondary N) is 1. The van der Waals surface area contributed by atoms with E-state index in [-0.39, 0.29) is 4.90 Å². The molecule has 0 heterocycles. The first-order chi connectivity index (χ1) is 10.5. The summed E-state index contributed by atoms with van der Waals surface area (Å²) in [6, 6.07) is 16.2. The predicted octanol–water partition coefficient (Wildman–Crippen LogP) is 2.54. The molecule has 6 heteroatoms. The lowest BCUT2D eigenvalue weighted by Gasteiger charge is -2.05. The number of hydrogen-bond donors (Lipinski definition) is 1. The van der Waals surface area contributed by atoms with Crippen LogP contribution in [0.2, 0.25) is 0 Å². The second-order valence-electron chi connectivity index (χ2n) is 4.67. The van der Waals surface area contributed by atoms with Gasteiger partial charge in [-0.2, -0.15) is 0 Å². The lowest BCUT2D eigenvalue weighted by molar-refractivity contribution is 0.130. The van der Waals surface area contributed by atoms with Gasteiger partial charge in [-0.1, -0.05) is 47.6 Å². The molecule has 0 aromatic heterocycles. The average Bonchev–Trinajstić information content (AvgIpc) is 2.56. The summed E-state index contributed by atoms with van der Waals surface area (Å²) >= 11 is 0. The number of nitrogens with zero attached hydrogens (tertiary/aromatic N) is 1. The van der Waals surface area contributed by atoms with Crippen molar-refractivity contribution >= 4 is 15.7 Å². The summed E-state index contributed by atoms with van der Waals surface area (Å²) in [7, 11) is -2.03. The zero-order valence-corrected chi connectivity index (χ0v) is 13.3. The highest BCUT2D eigenvalue weighted by Gasteiger charge is 2.10. The van der Waals surface area contributed by atoms with Crippen LogP contribution in [0.15, 0.2) is 64.6 Å². The Morgan fingerprint density at radius 2 is 1.73 bits per heavy atom. The van der Waals surface area contributed by atoms with Crippen LogP contribution in [0.25, 0.3) is 0 Å². The summed E-state index contributed by atoms with van der Waals surface area (Å²) in [6.45, 7) is 2.21. The molecule has 5 nitrogen and oxygen atoms in total. The second-order valence-corrected chi connectivity index (χ2v) is 6.55. The van der Waals surface area contributed by atoms with E-state index in [0.717, 1.165) is 11.1 Å². The van der Waals surface area contributed by atoms with E-state index < -0.39 is 10.0 Å². The Balaban J connectivity index is 2.03. The van der Waals surface area contributed by atoms with Crippen molar-refractivity contribution in [1.29, 1.82) is 0 Å². The third-order valence-corrected chi connectivity index (χ3v) is 4.56. The number of hydrogen-bond acceptors (Lipinski definition) is 4. The minimum absolute atomic E-state index is 0.219. The molecule has 0 spiro atoms. The van der Waals surface area contributed by atoms with Gasteiger partial charge in [0.1, 0.15) is 6.61 Å². The minimum Gasteiger partial charge on any atom is -0.391 e. The highest BCUT2D eigenvalue weighted by atomic mass is 32.2. The maximum absolute atomic E-state index is 11.6. The van der Waals surface area contributed by atoms with E-state index in [1.807, 2.05) is 37.3 Å². The van der Waals surface area contributed by atoms with Gasteiger partial charge in [-0.3, -0.25) is 0 Å². The van der Waals surface area contributed by atoms with Gasteiger partial charge < -0.3 is 4.84 Å². The maximum atomic E-state index is 11.6. The van der Waals surface area contributed by atoms with Gasteiger partial charge in [0.25, 0.3) is 0 Å². The minimum atomic E-state index is -3.41. The van der Waals surface area contributed by atoms with Crippen molar-refractivity contribution in [1.82, 2.24) is 4.72 Å². The van der Waals surface area contributed by atoms with Gasteiger partial charge in [-0.05, 0) is 37.2 Å². The van der Waals surface area contributed by atoms with Crippen LogP contribution in [-0.2, 0) is 21.5 Å². The SMILES string of the molecule is CNS(=O)(=O)c1ccc(C(C)=NOCc2ccccc2)cc1. The van der Waals surface area contributed by atoms with Gasteiger partial charge in [0.2, 0.25) is 10.0 Å². The van der Waals surface area contributed by atoms with E-state index in [1.54, 1.807) is 12.1 Å². The molecule has 0 radical (unpaired) electrons. The summed E-state index contributed by atoms with van der Waals surface area (Å²) < 4.78 is 25.6. The molecule has 0 saturated heterocycles. The summed E-state index contributed by atoms with van der Waals surface area (Å²) in [5.74, 6) is 0. The van der Waals surface area contributed by atoms with Gasteiger partial charge in [-0.25, -0.2) is 13.1 Å². The fourth-order valence-corrected chi connectivity index (χ4v) is 2.55. The van der Waals surface area contributed by atoms with Gasteiger partial charge in [0.15, 0.2) is 0 Å². The smallest absolute Gasteiger partial charge is 0.240 e. The Bertz CT molecular complexity index is 739. The van der Waals surface area contributed by atoms with Crippen molar-refractivity contribution in [3.8, 4) is 0 Å². The van der Waals surface area contributed by atoms with Gasteiger partial charge in [0.05, 0.1) is 10.6 Å². The van der Waals surface area contributed by atoms with Gasteiger partial charge in [-0.15, -0.1) is 0 Å². The maximum Gasteiger partial charge on any atom is 0.240 e. The molecule has 0 unspecified atom stereocenters. The number of oxime groups is 1. The van der Waals surface area contributed by atoms with Crippen LogP contribution in [0, 0.1) is 0 Å². The monoisotopic (exact) mass is 318 g/mol. The largest absolute Gasteiger partial charge is 0.391 e. The lowest BCUT2D eigenvalue weighted by atomic mass is 10.1. The molecule has 0 aliphatic rings. The molecule has 0 saturated carbocycles. The van der Waals surface area contributed by atoms with Crippen molar-refractivity contribution in [2.24, 2.45) is 5.16 Å². The number of rotatable bonds is 6. The van der Waals surface area contributed by atoms with Crippen LogP contribution in [0.3, 0.4) is 0 Å². The average molecular weight is 318 g/mol. The van der Waals surface area contributed by atoms with Crippen LogP contribution in [-0.4, -0.2) is 21.2 Å². The summed E-state index contributed by atoms with van der Waals surface area (Å²) in [4.78, 5) is 5.53. The third kappa shape index (κ3) is 4.16. The fraction of sp³-hybridized carbons (Fsp3) is 0.188. The van der Waals surface area contributed by atoms with Crippen LogP contribution in [0.5, 0.6) is 0 Å². The molecular weight excluding hydrogens is 300 g/mol. The first kappa shape index (κ1) is 16.2. The molecule has 2 rings (SSSR count). The predicted molar refractivity (Wildman–Crippen MR) is 86.1 cm³/mol. The number of sulfonamides is 1. The van der Waals surface area contributed by atoms with Crippen LogP contribution >= 0.6 is 0 Å². The van der Waals surface area contributed by atoms with Crippen molar-refractivity contribution < 1.29 is 13.3 Å². The normalized spacial score (nSPS) is 12.2. The number of benzene rings is 2. The molecule has 0 aliphatic heterocycles. The second kappa shape index (κ2) is 7.20. The van der Waals surface area contributed by atoms with E-state index >= 15 is 0 Å². The van der Waals surface area contributed by atoms with E-state index in [9.17, 15) is 8.42 Å². The first-order valence-corrected chi connectivity index (χ1v) is 8.26. The summed E-state index contributed by atoms with van der Waals surface area (Å²) in [5.41, 5.74) is 2.53. The molecule has 0 fully saturated rings. The first-order valence-electron chi connectivity index (χ1n) is 6.77. The Labute approximate surface area is 130 Å². The molecule has 0 bridgehead atoms. The van der Waals surface area contributed by atoms with Crippen molar-refractivity contribution in [2.75, 3.05) is 7.05 Å². The Hall–Kier alpha value is -2.18. The molecule has 22 heavy (non-hydrogen) atoms. The highest BCUT2D eigenvalue weighted by Crippen LogP contribution is 2.11. The van der Waals surface area contributed by atoms with E-state index in [0.29, 0.717) is 12.3 Å². The molecule has 116 valence electrons. The zero-order chi connectivity index (χ0) is 16.0. The molecule has 1 N–H and O–H groups in total. The summed E-state index contributed by atoms with van der Waals surface area (Å²) in [6.07, 6.45) is 0. The molecular formula is C16H18N2O3S. The molecule has 0 atom stereocenters. The molecule has 0 aliphatic carbocycles. The lowest BCUT2D eigenvalue weighted by Crippen LogP contribution is -2.18. The molecule has 2 aromatic carbocycles. The van der Waals surface area contributed by atoms with Gasteiger partial charge >= 0.3 is 0 Å². The van der Waals surface area contributed by atoms with Crippen LogP contribution < -0.4 is 4.72 Å². The zero-order valence-electron chi connectivity index (χ0n) is 12.5. The molecule has 0 amide bonds. The Morgan fingerprint density at radius 1 is 1.09 bits per heavy atom. The fourth-order valence-electron chi connectivity index (χ4n) is 1.82. The third-order valence-electron chi connectivity index (χ3n) is 3.13. The van der Waals surface area contributed by atoms with Crippen molar-refractivity contribution in [3.63, 3.8) is 0 Å². The Kier molecular flexibility index (Phi) is 5.30. The van der Waals surface area contributed by atoms with E-state index in [1.165, 1.54) is 19.2 Å². The van der Waals surface area contributed by atoms with Crippen LogP contribution in [0.4, 0.5) is 0 Å². The van der Waals surface area contributed by atoms with Crippen molar-refractivity contribution in [3.05, 3.63) is 65.7 Å². The summed E-state index contributed by atoms with van der Waals surface area (Å²) in [5, 5.41) is 4.05. The van der Waals surface area contributed by atoms with Crippen molar-refractivity contribution in [2.45, 2.75) is 18.4 Å². The van der Waals surface area contributed by atoms with Crippen LogP contribution in [0.1, 0.15) is 18.1 Å². The topological polar surface area (TPSA) is 67.8 Å². The quantitative estimate of drug-likeness (QED) is 0.657. The Morgan fingerprint density at radius 3 is 2.32 bits per heavy atom. The van der Waals surface area contributed by atoms with E-state index in [4.69, 9.17) is 4.84 Å². The standard InChI is InChI=1S/C16H18N2O3S/c1-13(18-21-12-14-6-4-3-5-7-14)15-8-10-16(11-9-15)22(19,20)17-2/h3-11,17H,12H2,1-2H3. The highest BCUT2D eigenvalue weighted by molar-refractivity contribution is 7.89. The van der Waals surface area contributed by atoms with E-state index in [2.05, 4.69) is 9.88 Å². The molecule has 2 aromatic rings. The van der Waals surface area contributed by atoms with Gasteiger partial charge in [0, 0.05) is 0 Å².